The molecular weight excluding hydrogens is 384 g/mol. The maximum Gasteiger partial charge on any atom is 0.196 e. The molecule has 0 saturated carbocycles. The molecule has 1 unspecified atom stereocenters. The van der Waals surface area contributed by atoms with Gasteiger partial charge in [0.2, 0.25) is 0 Å². The molecule has 1 aliphatic heterocycles. The third kappa shape index (κ3) is 3.94. The number of carbonyl (C=O) groups is 1. The standard InChI is InChI=1S/C17H13BrN2O3.C2H6/c1-10-12(3-2-4-13(10)18)17-20-14-7-11(9-21)15(22-6-5-19)8-16(14)23-17;1-2/h2-4,7-9,17,20H,6H2,1H3;1-2H3. The predicted molar refractivity (Wildman–Crippen MR) is 100 cm³/mol. The van der Waals surface area contributed by atoms with Gasteiger partial charge in [-0.05, 0) is 24.6 Å². The maximum atomic E-state index is 11.2. The fourth-order valence-corrected chi connectivity index (χ4v) is 2.84. The average Bonchev–Trinajstić information content (AvgIpc) is 3.05. The van der Waals surface area contributed by atoms with E-state index in [9.17, 15) is 4.79 Å². The number of anilines is 1. The van der Waals surface area contributed by atoms with Crippen LogP contribution < -0.4 is 14.8 Å². The van der Waals surface area contributed by atoms with Gasteiger partial charge in [0.1, 0.15) is 17.6 Å². The SMILES string of the molecule is CC.Cc1c(Br)cccc1C1Nc2cc(C=O)c(OCC#N)cc2O1. The van der Waals surface area contributed by atoms with E-state index in [0.717, 1.165) is 21.3 Å². The second-order valence-corrected chi connectivity index (χ2v) is 5.90. The van der Waals surface area contributed by atoms with E-state index in [-0.39, 0.29) is 12.8 Å². The molecule has 0 fully saturated rings. The Balaban J connectivity index is 0.00000109. The summed E-state index contributed by atoms with van der Waals surface area (Å²) < 4.78 is 12.2. The Morgan fingerprint density at radius 3 is 2.84 bits per heavy atom. The lowest BCUT2D eigenvalue weighted by Gasteiger charge is -2.15. The third-order valence-corrected chi connectivity index (χ3v) is 4.51. The maximum absolute atomic E-state index is 11.2. The summed E-state index contributed by atoms with van der Waals surface area (Å²) in [7, 11) is 0. The van der Waals surface area contributed by atoms with E-state index in [2.05, 4.69) is 21.2 Å². The van der Waals surface area contributed by atoms with Gasteiger partial charge in [-0.15, -0.1) is 0 Å². The molecule has 2 aromatic carbocycles. The number of benzene rings is 2. The van der Waals surface area contributed by atoms with Crippen LogP contribution in [0.2, 0.25) is 0 Å². The van der Waals surface area contributed by atoms with Gasteiger partial charge in [-0.3, -0.25) is 4.79 Å². The van der Waals surface area contributed by atoms with Crippen molar-refractivity contribution in [1.82, 2.24) is 0 Å². The number of ether oxygens (including phenoxy) is 2. The van der Waals surface area contributed by atoms with Crippen molar-refractivity contribution in [3.05, 3.63) is 51.5 Å². The lowest BCUT2D eigenvalue weighted by Crippen LogP contribution is -2.11. The highest BCUT2D eigenvalue weighted by atomic mass is 79.9. The highest BCUT2D eigenvalue weighted by molar-refractivity contribution is 9.10. The first-order valence-corrected chi connectivity index (χ1v) is 8.74. The van der Waals surface area contributed by atoms with Crippen molar-refractivity contribution in [3.63, 3.8) is 0 Å². The molecule has 1 atom stereocenters. The van der Waals surface area contributed by atoms with Gasteiger partial charge in [0, 0.05) is 16.1 Å². The Morgan fingerprint density at radius 1 is 1.40 bits per heavy atom. The number of nitrogens with one attached hydrogen (secondary N) is 1. The third-order valence-electron chi connectivity index (χ3n) is 3.65. The molecule has 2 aromatic rings. The summed E-state index contributed by atoms with van der Waals surface area (Å²) in [5.74, 6) is 0.932. The van der Waals surface area contributed by atoms with Gasteiger partial charge in [0.15, 0.2) is 19.1 Å². The molecular formula is C19H19BrN2O3. The van der Waals surface area contributed by atoms with Crippen LogP contribution in [0.3, 0.4) is 0 Å². The van der Waals surface area contributed by atoms with Crippen LogP contribution in [0.25, 0.3) is 0 Å². The number of aldehydes is 1. The smallest absolute Gasteiger partial charge is 0.196 e. The van der Waals surface area contributed by atoms with E-state index in [1.54, 1.807) is 12.1 Å². The first kappa shape index (κ1) is 18.8. The van der Waals surface area contributed by atoms with Gasteiger partial charge in [-0.1, -0.05) is 41.9 Å². The quantitative estimate of drug-likeness (QED) is 0.728. The average molecular weight is 403 g/mol. The Hall–Kier alpha value is -2.52. The summed E-state index contributed by atoms with van der Waals surface area (Å²) in [5.41, 5.74) is 3.18. The van der Waals surface area contributed by atoms with Crippen molar-refractivity contribution < 1.29 is 14.3 Å². The van der Waals surface area contributed by atoms with Crippen molar-refractivity contribution >= 4 is 27.9 Å². The zero-order valence-electron chi connectivity index (χ0n) is 14.3. The molecule has 0 aromatic heterocycles. The Kier molecular flexibility index (Phi) is 6.43. The summed E-state index contributed by atoms with van der Waals surface area (Å²) in [6, 6.07) is 11.1. The number of nitrogens with zero attached hydrogens (tertiary/aromatic N) is 1. The van der Waals surface area contributed by atoms with Crippen LogP contribution in [0, 0.1) is 18.3 Å². The highest BCUT2D eigenvalue weighted by Crippen LogP contribution is 2.42. The normalized spacial score (nSPS) is 14.1. The van der Waals surface area contributed by atoms with E-state index in [4.69, 9.17) is 14.7 Å². The minimum Gasteiger partial charge on any atom is -0.478 e. The lowest BCUT2D eigenvalue weighted by atomic mass is 10.1. The Morgan fingerprint density at radius 2 is 2.16 bits per heavy atom. The Labute approximate surface area is 155 Å². The van der Waals surface area contributed by atoms with Gasteiger partial charge in [0.25, 0.3) is 0 Å². The van der Waals surface area contributed by atoms with Crippen LogP contribution in [0.15, 0.2) is 34.8 Å². The molecule has 1 N–H and O–H groups in total. The second kappa shape index (κ2) is 8.54. The first-order chi connectivity index (χ1) is 12.1. The van der Waals surface area contributed by atoms with Crippen LogP contribution >= 0.6 is 15.9 Å². The summed E-state index contributed by atoms with van der Waals surface area (Å²) in [6.07, 6.45) is 0.361. The van der Waals surface area contributed by atoms with E-state index in [1.807, 2.05) is 45.0 Å². The van der Waals surface area contributed by atoms with Crippen LogP contribution in [0.1, 0.15) is 41.6 Å². The van der Waals surface area contributed by atoms with E-state index in [0.29, 0.717) is 23.3 Å². The number of fused-ring (bicyclic) bond motifs is 1. The van der Waals surface area contributed by atoms with Gasteiger partial charge in [-0.2, -0.15) is 5.26 Å². The molecule has 25 heavy (non-hydrogen) atoms. The zero-order chi connectivity index (χ0) is 18.4. The van der Waals surface area contributed by atoms with Crippen molar-refractivity contribution in [1.29, 1.82) is 5.26 Å². The van der Waals surface area contributed by atoms with Gasteiger partial charge in [-0.25, -0.2) is 0 Å². The monoisotopic (exact) mass is 402 g/mol. The van der Waals surface area contributed by atoms with Crippen molar-refractivity contribution in [2.24, 2.45) is 0 Å². The molecule has 1 heterocycles. The molecule has 0 saturated heterocycles. The minimum absolute atomic E-state index is 0.124. The number of rotatable bonds is 4. The first-order valence-electron chi connectivity index (χ1n) is 7.95. The fraction of sp³-hybridized carbons (Fsp3) is 0.263. The molecule has 5 nitrogen and oxygen atoms in total. The largest absolute Gasteiger partial charge is 0.478 e. The van der Waals surface area contributed by atoms with Gasteiger partial charge < -0.3 is 14.8 Å². The summed E-state index contributed by atoms with van der Waals surface area (Å²) in [4.78, 5) is 11.2. The molecule has 0 spiro atoms. The number of hydrogen-bond donors (Lipinski definition) is 1. The number of nitriles is 1. The van der Waals surface area contributed by atoms with Crippen LogP contribution in [-0.2, 0) is 0 Å². The highest BCUT2D eigenvalue weighted by Gasteiger charge is 2.27. The summed E-state index contributed by atoms with van der Waals surface area (Å²) >= 11 is 3.51. The summed E-state index contributed by atoms with van der Waals surface area (Å²) in [6.45, 7) is 5.88. The molecule has 0 aliphatic carbocycles. The molecule has 0 amide bonds. The number of halogens is 1. The molecule has 6 heteroatoms. The van der Waals surface area contributed by atoms with E-state index < -0.39 is 0 Å². The fourth-order valence-electron chi connectivity index (χ4n) is 2.46. The second-order valence-electron chi connectivity index (χ2n) is 5.05. The molecule has 0 radical (unpaired) electrons. The molecule has 3 rings (SSSR count). The molecule has 130 valence electrons. The topological polar surface area (TPSA) is 71.3 Å². The van der Waals surface area contributed by atoms with E-state index >= 15 is 0 Å². The zero-order valence-corrected chi connectivity index (χ0v) is 15.9. The Bertz CT molecular complexity index is 815. The van der Waals surface area contributed by atoms with Crippen LogP contribution in [-0.4, -0.2) is 12.9 Å². The van der Waals surface area contributed by atoms with Crippen molar-refractivity contribution in [2.75, 3.05) is 11.9 Å². The molecule has 1 aliphatic rings. The van der Waals surface area contributed by atoms with E-state index in [1.165, 1.54) is 0 Å². The molecule has 0 bridgehead atoms. The number of hydrogen-bond acceptors (Lipinski definition) is 5. The lowest BCUT2D eigenvalue weighted by molar-refractivity contribution is 0.112. The van der Waals surface area contributed by atoms with Crippen molar-refractivity contribution in [3.8, 4) is 17.6 Å². The predicted octanol–water partition coefficient (Wildman–Crippen LogP) is 5.00. The number of carbonyl (C=O) groups excluding carboxylic acids is 1. The van der Waals surface area contributed by atoms with Crippen LogP contribution in [0.5, 0.6) is 11.5 Å². The minimum atomic E-state index is -0.340. The van der Waals surface area contributed by atoms with Gasteiger partial charge >= 0.3 is 0 Å². The van der Waals surface area contributed by atoms with Gasteiger partial charge in [0.05, 0.1) is 11.3 Å². The summed E-state index contributed by atoms with van der Waals surface area (Å²) in [5, 5.41) is 11.9. The van der Waals surface area contributed by atoms with Crippen LogP contribution in [0.4, 0.5) is 5.69 Å². The van der Waals surface area contributed by atoms with Crippen molar-refractivity contribution in [2.45, 2.75) is 27.0 Å².